The van der Waals surface area contributed by atoms with Crippen LogP contribution in [0.25, 0.3) is 11.3 Å². The number of rotatable bonds is 5. The normalized spacial score (nSPS) is 17.2. The molecule has 2 heterocycles. The van der Waals surface area contributed by atoms with Crippen molar-refractivity contribution in [1.82, 2.24) is 9.97 Å². The van der Waals surface area contributed by atoms with Crippen molar-refractivity contribution in [3.05, 3.63) is 41.2 Å². The van der Waals surface area contributed by atoms with Crippen LogP contribution in [0.3, 0.4) is 0 Å². The number of carboxylic acid groups (broad SMARTS) is 1. The highest BCUT2D eigenvalue weighted by molar-refractivity contribution is 6.30. The van der Waals surface area contributed by atoms with Gasteiger partial charge in [0.25, 0.3) is 0 Å². The van der Waals surface area contributed by atoms with Crippen molar-refractivity contribution in [1.29, 1.82) is 0 Å². The van der Waals surface area contributed by atoms with E-state index in [1.54, 1.807) is 24.3 Å². The molecule has 0 spiro atoms. The van der Waals surface area contributed by atoms with Gasteiger partial charge in [-0.15, -0.1) is 0 Å². The number of nitrogens with zero attached hydrogens (tertiary/aromatic N) is 2. The van der Waals surface area contributed by atoms with Crippen LogP contribution < -0.4 is 4.74 Å². The molecule has 1 aromatic carbocycles. The van der Waals surface area contributed by atoms with E-state index in [9.17, 15) is 4.79 Å². The van der Waals surface area contributed by atoms with E-state index in [1.807, 2.05) is 0 Å². The van der Waals surface area contributed by atoms with Gasteiger partial charge in [-0.2, -0.15) is 0 Å². The molecule has 0 amide bonds. The van der Waals surface area contributed by atoms with Gasteiger partial charge in [0.05, 0.1) is 12.3 Å². The summed E-state index contributed by atoms with van der Waals surface area (Å²) in [6.07, 6.45) is 3.18. The largest absolute Gasteiger partial charge is 0.476 e. The minimum atomic E-state index is -1.14. The second kappa shape index (κ2) is 6.93. The fourth-order valence-corrected chi connectivity index (χ4v) is 2.46. The third kappa shape index (κ3) is 3.78. The summed E-state index contributed by atoms with van der Waals surface area (Å²) in [5, 5.41) is 9.69. The van der Waals surface area contributed by atoms with Crippen LogP contribution >= 0.6 is 11.6 Å². The van der Waals surface area contributed by atoms with E-state index in [4.69, 9.17) is 26.2 Å². The summed E-state index contributed by atoms with van der Waals surface area (Å²) in [5.41, 5.74) is 0.923. The number of hydrogen-bond donors (Lipinski definition) is 1. The Labute approximate surface area is 138 Å². The molecular weight excluding hydrogens is 320 g/mol. The van der Waals surface area contributed by atoms with Gasteiger partial charge < -0.3 is 14.6 Å². The quantitative estimate of drug-likeness (QED) is 0.905. The van der Waals surface area contributed by atoms with Gasteiger partial charge in [0.1, 0.15) is 12.3 Å². The van der Waals surface area contributed by atoms with Gasteiger partial charge in [-0.3, -0.25) is 0 Å². The molecule has 1 N–H and O–H groups in total. The summed E-state index contributed by atoms with van der Waals surface area (Å²) in [5.74, 6) is -0.855. The number of carboxylic acids is 1. The molecule has 120 valence electrons. The summed E-state index contributed by atoms with van der Waals surface area (Å²) in [6, 6.07) is 6.90. The van der Waals surface area contributed by atoms with E-state index >= 15 is 0 Å². The molecule has 2 aromatic rings. The Morgan fingerprint density at radius 2 is 2.17 bits per heavy atom. The van der Waals surface area contributed by atoms with E-state index < -0.39 is 5.97 Å². The highest BCUT2D eigenvalue weighted by Gasteiger charge is 2.19. The first-order valence-corrected chi connectivity index (χ1v) is 7.62. The SMILES string of the molecule is O=C(O)c1cnc(OC[C@@H]2CCCO2)c(-c2ccc(Cl)cc2)n1. The average Bonchev–Trinajstić information content (AvgIpc) is 3.07. The van der Waals surface area contributed by atoms with Crippen LogP contribution in [0.2, 0.25) is 5.02 Å². The van der Waals surface area contributed by atoms with Crippen LogP contribution in [0.1, 0.15) is 23.3 Å². The fraction of sp³-hybridized carbons (Fsp3) is 0.312. The Morgan fingerprint density at radius 1 is 1.39 bits per heavy atom. The summed E-state index contributed by atoms with van der Waals surface area (Å²) >= 11 is 5.89. The van der Waals surface area contributed by atoms with Crippen LogP contribution in [0.15, 0.2) is 30.5 Å². The highest BCUT2D eigenvalue weighted by Crippen LogP contribution is 2.28. The highest BCUT2D eigenvalue weighted by atomic mass is 35.5. The lowest BCUT2D eigenvalue weighted by Crippen LogP contribution is -2.17. The smallest absolute Gasteiger partial charge is 0.356 e. The maximum Gasteiger partial charge on any atom is 0.356 e. The van der Waals surface area contributed by atoms with Gasteiger partial charge >= 0.3 is 5.97 Å². The Kier molecular flexibility index (Phi) is 4.73. The first kappa shape index (κ1) is 15.7. The van der Waals surface area contributed by atoms with Crippen LogP contribution in [-0.4, -0.2) is 40.4 Å². The van der Waals surface area contributed by atoms with Gasteiger partial charge in [-0.05, 0) is 25.0 Å². The van der Waals surface area contributed by atoms with Crippen molar-refractivity contribution in [3.8, 4) is 17.1 Å². The lowest BCUT2D eigenvalue weighted by molar-refractivity contribution is 0.0657. The van der Waals surface area contributed by atoms with Gasteiger partial charge in [-0.25, -0.2) is 14.8 Å². The number of halogens is 1. The maximum atomic E-state index is 11.1. The molecule has 1 aliphatic rings. The zero-order valence-electron chi connectivity index (χ0n) is 12.2. The molecule has 1 aromatic heterocycles. The molecule has 1 saturated heterocycles. The molecule has 23 heavy (non-hydrogen) atoms. The Hall–Kier alpha value is -2.18. The Morgan fingerprint density at radius 3 is 2.83 bits per heavy atom. The van der Waals surface area contributed by atoms with E-state index in [2.05, 4.69) is 9.97 Å². The third-order valence-electron chi connectivity index (χ3n) is 3.51. The van der Waals surface area contributed by atoms with E-state index in [0.29, 0.717) is 22.9 Å². The number of benzene rings is 1. The van der Waals surface area contributed by atoms with Crippen molar-refractivity contribution in [2.75, 3.05) is 13.2 Å². The average molecular weight is 335 g/mol. The summed E-state index contributed by atoms with van der Waals surface area (Å²) in [6.45, 7) is 1.10. The number of aromatic carboxylic acids is 1. The minimum Gasteiger partial charge on any atom is -0.476 e. The summed E-state index contributed by atoms with van der Waals surface area (Å²) in [4.78, 5) is 19.4. The zero-order valence-corrected chi connectivity index (χ0v) is 13.0. The molecular formula is C16H15ClN2O4. The van der Waals surface area contributed by atoms with E-state index in [0.717, 1.165) is 19.4 Å². The minimum absolute atomic E-state index is 0.0361. The molecule has 0 saturated carbocycles. The van der Waals surface area contributed by atoms with Gasteiger partial charge in [0.2, 0.25) is 5.88 Å². The van der Waals surface area contributed by atoms with Crippen molar-refractivity contribution < 1.29 is 19.4 Å². The summed E-state index contributed by atoms with van der Waals surface area (Å²) < 4.78 is 11.2. The molecule has 1 fully saturated rings. The van der Waals surface area contributed by atoms with Crippen LogP contribution in [-0.2, 0) is 4.74 Å². The molecule has 1 aliphatic heterocycles. The standard InChI is InChI=1S/C16H15ClN2O4/c17-11-5-3-10(4-6-11)14-15(18-8-13(19-14)16(20)21)23-9-12-2-1-7-22-12/h3-6,8,12H,1-2,7,9H2,(H,20,21)/t12-/m0/s1. The zero-order chi connectivity index (χ0) is 16.2. The van der Waals surface area contributed by atoms with Crippen LogP contribution in [0, 0.1) is 0 Å². The topological polar surface area (TPSA) is 81.5 Å². The van der Waals surface area contributed by atoms with Gasteiger partial charge in [0.15, 0.2) is 5.69 Å². The molecule has 0 radical (unpaired) electrons. The predicted octanol–water partition coefficient (Wildman–Crippen LogP) is 3.05. The monoisotopic (exact) mass is 334 g/mol. The predicted molar refractivity (Wildman–Crippen MR) is 83.9 cm³/mol. The van der Waals surface area contributed by atoms with Crippen molar-refractivity contribution in [2.24, 2.45) is 0 Å². The van der Waals surface area contributed by atoms with E-state index in [1.165, 1.54) is 6.20 Å². The molecule has 0 bridgehead atoms. The number of aromatic nitrogens is 2. The molecule has 0 aliphatic carbocycles. The first-order valence-electron chi connectivity index (χ1n) is 7.24. The molecule has 7 heteroatoms. The molecule has 1 atom stereocenters. The number of hydrogen-bond acceptors (Lipinski definition) is 5. The fourth-order valence-electron chi connectivity index (χ4n) is 2.33. The second-order valence-electron chi connectivity index (χ2n) is 5.17. The van der Waals surface area contributed by atoms with Gasteiger partial charge in [0, 0.05) is 17.2 Å². The van der Waals surface area contributed by atoms with Crippen LogP contribution in [0.4, 0.5) is 0 Å². The maximum absolute atomic E-state index is 11.1. The van der Waals surface area contributed by atoms with Crippen molar-refractivity contribution >= 4 is 17.6 Å². The molecule has 0 unspecified atom stereocenters. The lowest BCUT2D eigenvalue weighted by Gasteiger charge is -2.13. The third-order valence-corrected chi connectivity index (χ3v) is 3.76. The molecule has 3 rings (SSSR count). The van der Waals surface area contributed by atoms with Gasteiger partial charge in [-0.1, -0.05) is 23.7 Å². The Bertz CT molecular complexity index is 700. The number of carbonyl (C=O) groups is 1. The van der Waals surface area contributed by atoms with Crippen molar-refractivity contribution in [3.63, 3.8) is 0 Å². The summed E-state index contributed by atoms with van der Waals surface area (Å²) in [7, 11) is 0. The lowest BCUT2D eigenvalue weighted by atomic mass is 10.1. The van der Waals surface area contributed by atoms with Crippen LogP contribution in [0.5, 0.6) is 5.88 Å². The second-order valence-corrected chi connectivity index (χ2v) is 5.60. The Balaban J connectivity index is 1.90. The molecule has 6 nitrogen and oxygen atoms in total. The number of ether oxygens (including phenoxy) is 2. The van der Waals surface area contributed by atoms with E-state index in [-0.39, 0.29) is 17.7 Å². The van der Waals surface area contributed by atoms with Crippen molar-refractivity contribution in [2.45, 2.75) is 18.9 Å². The first-order chi connectivity index (χ1) is 11.1.